The van der Waals surface area contributed by atoms with Gasteiger partial charge in [0.15, 0.2) is 0 Å². The molecular weight excluding hydrogens is 232 g/mol. The Bertz CT molecular complexity index is 420. The number of likely N-dealkylation sites (N-methyl/N-ethyl adjacent to an activating group) is 1. The molecule has 19 heavy (non-hydrogen) atoms. The Morgan fingerprint density at radius 3 is 2.16 bits per heavy atom. The van der Waals surface area contributed by atoms with Crippen molar-refractivity contribution in [1.82, 2.24) is 4.90 Å². The van der Waals surface area contributed by atoms with Crippen LogP contribution in [0.25, 0.3) is 6.08 Å². The zero-order chi connectivity index (χ0) is 14.3. The lowest BCUT2D eigenvalue weighted by Gasteiger charge is -2.24. The maximum absolute atomic E-state index is 4.82. The summed E-state index contributed by atoms with van der Waals surface area (Å²) < 4.78 is 0. The molecule has 0 N–H and O–H groups in total. The molecule has 0 atom stereocenters. The average Bonchev–Trinajstić information content (AvgIpc) is 2.37. The van der Waals surface area contributed by atoms with E-state index in [4.69, 9.17) is 4.99 Å². The first-order valence-electron chi connectivity index (χ1n) is 7.04. The molecule has 0 unspecified atom stereocenters. The number of nitrogens with zero attached hydrogens (tertiary/aromatic N) is 2. The van der Waals surface area contributed by atoms with E-state index in [9.17, 15) is 0 Å². The van der Waals surface area contributed by atoms with Crippen molar-refractivity contribution in [1.29, 1.82) is 0 Å². The van der Waals surface area contributed by atoms with Crippen LogP contribution in [-0.2, 0) is 0 Å². The van der Waals surface area contributed by atoms with E-state index < -0.39 is 0 Å². The highest BCUT2D eigenvalue weighted by atomic mass is 15.2. The van der Waals surface area contributed by atoms with Crippen molar-refractivity contribution in [3.05, 3.63) is 42.0 Å². The van der Waals surface area contributed by atoms with E-state index in [0.717, 1.165) is 18.9 Å². The molecule has 0 aliphatic rings. The van der Waals surface area contributed by atoms with Crippen LogP contribution < -0.4 is 0 Å². The Labute approximate surface area is 117 Å². The molecule has 0 saturated heterocycles. The minimum absolute atomic E-state index is 0.0566. The van der Waals surface area contributed by atoms with E-state index in [0.29, 0.717) is 0 Å². The molecule has 0 radical (unpaired) electrons. The fourth-order valence-corrected chi connectivity index (χ4v) is 1.84. The predicted octanol–water partition coefficient (Wildman–Crippen LogP) is 4.24. The van der Waals surface area contributed by atoms with Crippen molar-refractivity contribution in [3.63, 3.8) is 0 Å². The average molecular weight is 258 g/mol. The first-order chi connectivity index (χ1) is 8.96. The summed E-state index contributed by atoms with van der Waals surface area (Å²) in [6, 6.07) is 10.3. The van der Waals surface area contributed by atoms with Crippen molar-refractivity contribution in [2.75, 3.05) is 13.1 Å². The summed E-state index contributed by atoms with van der Waals surface area (Å²) in [5, 5.41) is 0. The van der Waals surface area contributed by atoms with E-state index in [1.165, 1.54) is 5.56 Å². The Hall–Kier alpha value is -1.57. The number of aliphatic imine (C=N–C) groups is 1. The normalized spacial score (nSPS) is 13.0. The minimum Gasteiger partial charge on any atom is -0.357 e. The van der Waals surface area contributed by atoms with Crippen LogP contribution in [0.5, 0.6) is 0 Å². The zero-order valence-electron chi connectivity index (χ0n) is 12.9. The number of benzene rings is 1. The van der Waals surface area contributed by atoms with Crippen LogP contribution in [0, 0.1) is 0 Å². The van der Waals surface area contributed by atoms with Crippen molar-refractivity contribution >= 4 is 11.9 Å². The van der Waals surface area contributed by atoms with Gasteiger partial charge in [-0.15, -0.1) is 0 Å². The summed E-state index contributed by atoms with van der Waals surface area (Å²) in [4.78, 5) is 7.10. The lowest BCUT2D eigenvalue weighted by atomic mass is 10.1. The number of rotatable bonds is 4. The Morgan fingerprint density at radius 1 is 1.11 bits per heavy atom. The molecule has 0 aromatic heterocycles. The molecule has 0 amide bonds. The molecule has 2 heteroatoms. The molecule has 1 aromatic carbocycles. The highest BCUT2D eigenvalue weighted by Gasteiger charge is 2.11. The van der Waals surface area contributed by atoms with Crippen LogP contribution in [0.4, 0.5) is 0 Å². The quantitative estimate of drug-likeness (QED) is 0.582. The molecule has 0 spiro atoms. The van der Waals surface area contributed by atoms with Crippen LogP contribution in [-0.4, -0.2) is 29.4 Å². The summed E-state index contributed by atoms with van der Waals surface area (Å²) in [6.45, 7) is 12.7. The van der Waals surface area contributed by atoms with E-state index >= 15 is 0 Å². The molecule has 104 valence electrons. The molecular formula is C17H26N2. The molecule has 0 heterocycles. The lowest BCUT2D eigenvalue weighted by molar-refractivity contribution is 0.454. The molecule has 0 fully saturated rings. The lowest BCUT2D eigenvalue weighted by Crippen LogP contribution is -2.31. The fraction of sp³-hybridized carbons (Fsp3) is 0.471. The molecule has 0 bridgehead atoms. The van der Waals surface area contributed by atoms with E-state index in [1.54, 1.807) is 0 Å². The minimum atomic E-state index is -0.0566. The van der Waals surface area contributed by atoms with Gasteiger partial charge in [0.05, 0.1) is 5.54 Å². The van der Waals surface area contributed by atoms with Crippen LogP contribution >= 0.6 is 0 Å². The first-order valence-corrected chi connectivity index (χ1v) is 7.04. The Morgan fingerprint density at radius 2 is 1.68 bits per heavy atom. The van der Waals surface area contributed by atoms with E-state index in [-0.39, 0.29) is 5.54 Å². The first kappa shape index (κ1) is 15.5. The Kier molecular flexibility index (Phi) is 5.81. The van der Waals surface area contributed by atoms with E-state index in [2.05, 4.69) is 75.9 Å². The van der Waals surface area contributed by atoms with Gasteiger partial charge >= 0.3 is 0 Å². The molecule has 0 saturated carbocycles. The predicted molar refractivity (Wildman–Crippen MR) is 85.6 cm³/mol. The highest BCUT2D eigenvalue weighted by Crippen LogP contribution is 2.10. The topological polar surface area (TPSA) is 15.6 Å². The van der Waals surface area contributed by atoms with Gasteiger partial charge in [-0.05, 0) is 46.3 Å². The largest absolute Gasteiger partial charge is 0.357 e. The maximum Gasteiger partial charge on any atom is 0.123 e. The molecule has 0 aliphatic heterocycles. The van der Waals surface area contributed by atoms with Crippen LogP contribution in [0.1, 0.15) is 40.2 Å². The number of hydrogen-bond donors (Lipinski definition) is 0. The zero-order valence-corrected chi connectivity index (χ0v) is 12.9. The van der Waals surface area contributed by atoms with Gasteiger partial charge in [-0.25, -0.2) is 0 Å². The molecule has 1 aromatic rings. The van der Waals surface area contributed by atoms with Gasteiger partial charge in [-0.1, -0.05) is 36.4 Å². The van der Waals surface area contributed by atoms with Gasteiger partial charge in [0, 0.05) is 13.1 Å². The second-order valence-electron chi connectivity index (χ2n) is 5.56. The second kappa shape index (κ2) is 7.13. The molecule has 1 rings (SSSR count). The Balaban J connectivity index is 2.98. The summed E-state index contributed by atoms with van der Waals surface area (Å²) in [5.74, 6) is 1.06. The van der Waals surface area contributed by atoms with Gasteiger partial charge in [0.2, 0.25) is 0 Å². The fourth-order valence-electron chi connectivity index (χ4n) is 1.84. The highest BCUT2D eigenvalue weighted by molar-refractivity contribution is 5.96. The monoisotopic (exact) mass is 258 g/mol. The van der Waals surface area contributed by atoms with Gasteiger partial charge in [-0.3, -0.25) is 4.99 Å². The standard InChI is InChI=1S/C17H26N2/c1-6-19(7-2)16(18-17(3,4)5)14-13-15-11-9-8-10-12-15/h8-14H,6-7H2,1-5H3/b14-13+,18-16?. The molecule has 0 aliphatic carbocycles. The molecule has 2 nitrogen and oxygen atoms in total. The van der Waals surface area contributed by atoms with Crippen LogP contribution in [0.3, 0.4) is 0 Å². The van der Waals surface area contributed by atoms with Crippen LogP contribution in [0.15, 0.2) is 41.4 Å². The third-order valence-corrected chi connectivity index (χ3v) is 2.76. The SMILES string of the molecule is CCN(CC)C(/C=C/c1ccccc1)=NC(C)(C)C. The van der Waals surface area contributed by atoms with Gasteiger partial charge < -0.3 is 4.90 Å². The van der Waals surface area contributed by atoms with E-state index in [1.807, 2.05) is 6.07 Å². The third kappa shape index (κ3) is 5.73. The van der Waals surface area contributed by atoms with Crippen molar-refractivity contribution < 1.29 is 0 Å². The second-order valence-corrected chi connectivity index (χ2v) is 5.56. The smallest absolute Gasteiger partial charge is 0.123 e. The number of amidine groups is 1. The number of hydrogen-bond acceptors (Lipinski definition) is 1. The van der Waals surface area contributed by atoms with Gasteiger partial charge in [-0.2, -0.15) is 0 Å². The van der Waals surface area contributed by atoms with Crippen LogP contribution in [0.2, 0.25) is 0 Å². The summed E-state index contributed by atoms with van der Waals surface area (Å²) >= 11 is 0. The van der Waals surface area contributed by atoms with Gasteiger partial charge in [0.1, 0.15) is 5.84 Å². The summed E-state index contributed by atoms with van der Waals surface area (Å²) in [5.41, 5.74) is 1.15. The third-order valence-electron chi connectivity index (χ3n) is 2.76. The maximum atomic E-state index is 4.82. The summed E-state index contributed by atoms with van der Waals surface area (Å²) in [6.07, 6.45) is 4.25. The van der Waals surface area contributed by atoms with Crippen molar-refractivity contribution in [3.8, 4) is 0 Å². The van der Waals surface area contributed by atoms with Crippen molar-refractivity contribution in [2.24, 2.45) is 4.99 Å². The van der Waals surface area contributed by atoms with Crippen molar-refractivity contribution in [2.45, 2.75) is 40.2 Å². The summed E-state index contributed by atoms with van der Waals surface area (Å²) in [7, 11) is 0. The van der Waals surface area contributed by atoms with Gasteiger partial charge in [0.25, 0.3) is 0 Å².